The van der Waals surface area contributed by atoms with Crippen LogP contribution in [0.2, 0.25) is 0 Å². The van der Waals surface area contributed by atoms with E-state index < -0.39 is 11.7 Å². The number of rotatable bonds is 7. The van der Waals surface area contributed by atoms with Crippen LogP contribution in [0.4, 0.5) is 10.1 Å². The molecule has 1 fully saturated rings. The van der Waals surface area contributed by atoms with Crippen molar-refractivity contribution in [3.05, 3.63) is 90.0 Å². The number of methoxy groups -OCH3 is 1. The molecule has 0 saturated carbocycles. The summed E-state index contributed by atoms with van der Waals surface area (Å²) in [5.41, 5.74) is 2.25. The van der Waals surface area contributed by atoms with Gasteiger partial charge in [0.05, 0.1) is 18.7 Å². The maximum absolute atomic E-state index is 14.0. The van der Waals surface area contributed by atoms with E-state index in [4.69, 9.17) is 4.74 Å². The largest absolute Gasteiger partial charge is 0.497 e. The Labute approximate surface area is 187 Å². The van der Waals surface area contributed by atoms with Crippen molar-refractivity contribution in [2.24, 2.45) is 0 Å². The lowest BCUT2D eigenvalue weighted by molar-refractivity contribution is 0.0926. The molecule has 0 radical (unpaired) electrons. The Balaban J connectivity index is 1.43. The molecule has 0 bridgehead atoms. The first-order valence-corrected chi connectivity index (χ1v) is 10.7. The van der Waals surface area contributed by atoms with Crippen LogP contribution in [0.1, 0.15) is 22.0 Å². The number of ether oxygens (including phenoxy) is 1. The highest BCUT2D eigenvalue weighted by atomic mass is 19.1. The maximum atomic E-state index is 14.0. The molecule has 6 nitrogen and oxygen atoms in total. The first-order chi connectivity index (χ1) is 15.7. The molecule has 2 aromatic carbocycles. The first-order valence-electron chi connectivity index (χ1n) is 10.7. The fourth-order valence-electron chi connectivity index (χ4n) is 4.05. The number of piperazine rings is 1. The molecule has 1 saturated heterocycles. The molecule has 7 heteroatoms. The summed E-state index contributed by atoms with van der Waals surface area (Å²) < 4.78 is 19.2. The van der Waals surface area contributed by atoms with Gasteiger partial charge in [0.25, 0.3) is 5.91 Å². The van der Waals surface area contributed by atoms with Gasteiger partial charge >= 0.3 is 0 Å². The second-order valence-electron chi connectivity index (χ2n) is 7.71. The van der Waals surface area contributed by atoms with E-state index in [2.05, 4.69) is 32.2 Å². The highest BCUT2D eigenvalue weighted by Gasteiger charge is 2.26. The van der Waals surface area contributed by atoms with Crippen LogP contribution < -0.4 is 15.0 Å². The summed E-state index contributed by atoms with van der Waals surface area (Å²) in [5.74, 6) is -0.0838. The number of carbonyl (C=O) groups is 1. The number of amides is 1. The van der Waals surface area contributed by atoms with Crippen molar-refractivity contribution < 1.29 is 13.9 Å². The third-order valence-corrected chi connectivity index (χ3v) is 5.84. The molecular formula is C25H27FN4O2. The van der Waals surface area contributed by atoms with Crippen LogP contribution in [0.3, 0.4) is 0 Å². The van der Waals surface area contributed by atoms with E-state index in [1.807, 2.05) is 30.5 Å². The Morgan fingerprint density at radius 1 is 1.06 bits per heavy atom. The van der Waals surface area contributed by atoms with Gasteiger partial charge in [-0.2, -0.15) is 0 Å². The number of anilines is 1. The zero-order valence-corrected chi connectivity index (χ0v) is 18.1. The predicted octanol–water partition coefficient (Wildman–Crippen LogP) is 3.52. The third-order valence-electron chi connectivity index (χ3n) is 5.84. The van der Waals surface area contributed by atoms with Gasteiger partial charge in [-0.3, -0.25) is 14.7 Å². The van der Waals surface area contributed by atoms with Gasteiger partial charge in [0.15, 0.2) is 0 Å². The van der Waals surface area contributed by atoms with Crippen LogP contribution in [-0.4, -0.2) is 55.6 Å². The van der Waals surface area contributed by atoms with E-state index in [0.29, 0.717) is 6.54 Å². The lowest BCUT2D eigenvalue weighted by Crippen LogP contribution is -2.50. The van der Waals surface area contributed by atoms with Crippen LogP contribution in [0.15, 0.2) is 73.1 Å². The Morgan fingerprint density at radius 2 is 1.81 bits per heavy atom. The molecule has 1 atom stereocenters. The number of nitrogens with one attached hydrogen (secondary N) is 1. The second kappa shape index (κ2) is 10.2. The van der Waals surface area contributed by atoms with E-state index in [9.17, 15) is 9.18 Å². The van der Waals surface area contributed by atoms with Gasteiger partial charge in [0.2, 0.25) is 0 Å². The molecule has 0 aliphatic carbocycles. The number of nitrogens with zero attached hydrogens (tertiary/aromatic N) is 3. The number of hydrogen-bond donors (Lipinski definition) is 1. The molecule has 32 heavy (non-hydrogen) atoms. The maximum Gasteiger partial charge on any atom is 0.254 e. The van der Waals surface area contributed by atoms with Crippen molar-refractivity contribution in [3.63, 3.8) is 0 Å². The van der Waals surface area contributed by atoms with E-state index in [0.717, 1.165) is 43.2 Å². The van der Waals surface area contributed by atoms with Crippen LogP contribution in [-0.2, 0) is 0 Å². The van der Waals surface area contributed by atoms with Gasteiger partial charge < -0.3 is 15.0 Å². The van der Waals surface area contributed by atoms with Crippen molar-refractivity contribution in [1.82, 2.24) is 15.2 Å². The van der Waals surface area contributed by atoms with Crippen molar-refractivity contribution in [2.45, 2.75) is 6.04 Å². The minimum Gasteiger partial charge on any atom is -0.497 e. The molecule has 1 aromatic heterocycles. The Kier molecular flexibility index (Phi) is 6.97. The van der Waals surface area contributed by atoms with Gasteiger partial charge in [-0.05, 0) is 48.0 Å². The summed E-state index contributed by atoms with van der Waals surface area (Å²) in [5, 5.41) is 2.92. The zero-order valence-electron chi connectivity index (χ0n) is 18.1. The lowest BCUT2D eigenvalue weighted by Gasteiger charge is -2.40. The average Bonchev–Trinajstić information content (AvgIpc) is 2.85. The Bertz CT molecular complexity index is 1020. The minimum absolute atomic E-state index is 0.0440. The summed E-state index contributed by atoms with van der Waals surface area (Å²) in [6, 6.07) is 18.0. The minimum atomic E-state index is -0.518. The van der Waals surface area contributed by atoms with Gasteiger partial charge in [-0.15, -0.1) is 0 Å². The van der Waals surface area contributed by atoms with Gasteiger partial charge in [0.1, 0.15) is 11.6 Å². The Morgan fingerprint density at radius 3 is 2.47 bits per heavy atom. The summed E-state index contributed by atoms with van der Waals surface area (Å²) >= 11 is 0. The summed E-state index contributed by atoms with van der Waals surface area (Å²) in [7, 11) is 1.66. The van der Waals surface area contributed by atoms with Gasteiger partial charge in [-0.25, -0.2) is 4.39 Å². The lowest BCUT2D eigenvalue weighted by atomic mass is 10.1. The first kappa shape index (κ1) is 21.8. The second-order valence-corrected chi connectivity index (χ2v) is 7.71. The van der Waals surface area contributed by atoms with Gasteiger partial charge in [-0.1, -0.05) is 18.2 Å². The molecule has 1 N–H and O–H groups in total. The highest BCUT2D eigenvalue weighted by molar-refractivity contribution is 5.94. The number of benzene rings is 2. The molecule has 1 aliphatic rings. The monoisotopic (exact) mass is 434 g/mol. The third kappa shape index (κ3) is 5.06. The number of hydrogen-bond acceptors (Lipinski definition) is 5. The topological polar surface area (TPSA) is 57.7 Å². The molecule has 4 rings (SSSR count). The summed E-state index contributed by atoms with van der Waals surface area (Å²) in [4.78, 5) is 21.5. The van der Waals surface area contributed by atoms with Gasteiger partial charge in [0, 0.05) is 50.8 Å². The van der Waals surface area contributed by atoms with E-state index in [1.54, 1.807) is 25.4 Å². The van der Waals surface area contributed by atoms with E-state index in [-0.39, 0.29) is 11.6 Å². The van der Waals surface area contributed by atoms with Crippen LogP contribution in [0.5, 0.6) is 5.75 Å². The van der Waals surface area contributed by atoms with E-state index >= 15 is 0 Å². The zero-order chi connectivity index (χ0) is 22.3. The smallest absolute Gasteiger partial charge is 0.254 e. The SMILES string of the molecule is COc1ccc(N2CCN([C@H](CNC(=O)c3ccccc3F)c3cccnc3)CC2)cc1. The van der Waals surface area contributed by atoms with Crippen LogP contribution in [0, 0.1) is 5.82 Å². The normalized spacial score (nSPS) is 15.2. The standard InChI is InChI=1S/C25H27FN4O2/c1-32-21-10-8-20(9-11-21)29-13-15-30(16-14-29)24(19-5-4-12-27-17-19)18-28-25(31)22-6-2-3-7-23(22)26/h2-12,17,24H,13-16,18H2,1H3,(H,28,31)/t24-/m1/s1. The van der Waals surface area contributed by atoms with Crippen molar-refractivity contribution in [3.8, 4) is 5.75 Å². The predicted molar refractivity (Wildman–Crippen MR) is 122 cm³/mol. The van der Waals surface area contributed by atoms with Crippen molar-refractivity contribution >= 4 is 11.6 Å². The highest BCUT2D eigenvalue weighted by Crippen LogP contribution is 2.25. The molecule has 166 valence electrons. The summed E-state index contributed by atoms with van der Waals surface area (Å²) in [6.45, 7) is 3.78. The fraction of sp³-hybridized carbons (Fsp3) is 0.280. The number of carbonyl (C=O) groups excluding carboxylic acids is 1. The Hall–Kier alpha value is -3.45. The molecule has 2 heterocycles. The van der Waals surface area contributed by atoms with Crippen molar-refractivity contribution in [2.75, 3.05) is 44.7 Å². The number of aromatic nitrogens is 1. The quantitative estimate of drug-likeness (QED) is 0.617. The van der Waals surface area contributed by atoms with Crippen LogP contribution in [0.25, 0.3) is 0 Å². The number of halogens is 1. The molecular weight excluding hydrogens is 407 g/mol. The fourth-order valence-corrected chi connectivity index (χ4v) is 4.05. The number of pyridine rings is 1. The summed E-state index contributed by atoms with van der Waals surface area (Å²) in [6.07, 6.45) is 3.57. The van der Waals surface area contributed by atoms with E-state index in [1.165, 1.54) is 12.1 Å². The molecule has 0 unspecified atom stereocenters. The molecule has 3 aromatic rings. The molecule has 1 aliphatic heterocycles. The molecule has 1 amide bonds. The van der Waals surface area contributed by atoms with Crippen LogP contribution >= 0.6 is 0 Å². The van der Waals surface area contributed by atoms with Crippen molar-refractivity contribution in [1.29, 1.82) is 0 Å². The average molecular weight is 435 g/mol. The molecule has 0 spiro atoms.